The summed E-state index contributed by atoms with van der Waals surface area (Å²) in [7, 11) is 1.94. The number of rotatable bonds is 1. The number of benzene rings is 2. The molecule has 0 unspecified atom stereocenters. The summed E-state index contributed by atoms with van der Waals surface area (Å²) < 4.78 is 1.84. The van der Waals surface area contributed by atoms with E-state index in [0.29, 0.717) is 6.42 Å². The lowest BCUT2D eigenvalue weighted by molar-refractivity contribution is -0.116. The SMILES string of the molecule is Cn1cc2c(-c3cccc4c3NC3(CC3)CC(=O)N4)cccc2n1. The van der Waals surface area contributed by atoms with E-state index >= 15 is 0 Å². The molecule has 1 fully saturated rings. The van der Waals surface area contributed by atoms with E-state index in [-0.39, 0.29) is 11.4 Å². The van der Waals surface area contributed by atoms with Gasteiger partial charge in [0.25, 0.3) is 0 Å². The molecule has 0 bridgehead atoms. The Balaban J connectivity index is 1.75. The van der Waals surface area contributed by atoms with Gasteiger partial charge in [0.05, 0.1) is 16.9 Å². The molecule has 0 saturated heterocycles. The van der Waals surface area contributed by atoms with Crippen molar-refractivity contribution in [1.82, 2.24) is 9.78 Å². The van der Waals surface area contributed by atoms with Gasteiger partial charge in [-0.05, 0) is 30.5 Å². The van der Waals surface area contributed by atoms with Crippen LogP contribution < -0.4 is 10.6 Å². The minimum atomic E-state index is -0.0612. The number of nitrogens with one attached hydrogen (secondary N) is 2. The highest BCUT2D eigenvalue weighted by atomic mass is 16.1. The van der Waals surface area contributed by atoms with Gasteiger partial charge in [0.15, 0.2) is 0 Å². The third-order valence-electron chi connectivity index (χ3n) is 5.04. The third-order valence-corrected chi connectivity index (χ3v) is 5.04. The first-order chi connectivity index (χ1) is 11.6. The number of anilines is 2. The number of para-hydroxylation sites is 1. The zero-order valence-corrected chi connectivity index (χ0v) is 13.5. The molecule has 1 aliphatic carbocycles. The van der Waals surface area contributed by atoms with Crippen molar-refractivity contribution >= 4 is 28.2 Å². The van der Waals surface area contributed by atoms with Crippen LogP contribution in [0.4, 0.5) is 11.4 Å². The van der Waals surface area contributed by atoms with Gasteiger partial charge in [0, 0.05) is 36.2 Å². The van der Waals surface area contributed by atoms with Crippen molar-refractivity contribution in [1.29, 1.82) is 0 Å². The van der Waals surface area contributed by atoms with Crippen LogP contribution in [0.5, 0.6) is 0 Å². The van der Waals surface area contributed by atoms with Crippen LogP contribution in [0.3, 0.4) is 0 Å². The predicted octanol–water partition coefficient (Wildman–Crippen LogP) is 3.53. The van der Waals surface area contributed by atoms with E-state index in [1.165, 1.54) is 0 Å². The minimum absolute atomic E-state index is 0.0612. The molecule has 2 aromatic carbocycles. The molecule has 1 spiro atoms. The predicted molar refractivity (Wildman–Crippen MR) is 95.0 cm³/mol. The van der Waals surface area contributed by atoms with Gasteiger partial charge in [-0.1, -0.05) is 24.3 Å². The van der Waals surface area contributed by atoms with E-state index in [0.717, 1.165) is 46.2 Å². The van der Waals surface area contributed by atoms with Crippen LogP contribution in [0, 0.1) is 0 Å². The highest BCUT2D eigenvalue weighted by Gasteiger charge is 2.46. The summed E-state index contributed by atoms with van der Waals surface area (Å²) in [6, 6.07) is 12.3. The summed E-state index contributed by atoms with van der Waals surface area (Å²) in [5.74, 6) is 0.0930. The Morgan fingerprint density at radius 3 is 2.75 bits per heavy atom. The van der Waals surface area contributed by atoms with Gasteiger partial charge in [-0.15, -0.1) is 0 Å². The van der Waals surface area contributed by atoms with Crippen LogP contribution in [0.1, 0.15) is 19.3 Å². The van der Waals surface area contributed by atoms with Gasteiger partial charge in [-0.2, -0.15) is 5.10 Å². The molecule has 1 aromatic heterocycles. The summed E-state index contributed by atoms with van der Waals surface area (Å²) in [5.41, 5.74) is 5.05. The van der Waals surface area contributed by atoms with Gasteiger partial charge in [-0.3, -0.25) is 9.48 Å². The van der Waals surface area contributed by atoms with Gasteiger partial charge in [0.1, 0.15) is 0 Å². The summed E-state index contributed by atoms with van der Waals surface area (Å²) >= 11 is 0. The molecule has 1 aliphatic heterocycles. The lowest BCUT2D eigenvalue weighted by atomic mass is 9.98. The molecule has 5 heteroatoms. The van der Waals surface area contributed by atoms with E-state index in [1.54, 1.807) is 0 Å². The Morgan fingerprint density at radius 2 is 1.92 bits per heavy atom. The topological polar surface area (TPSA) is 59.0 Å². The maximum atomic E-state index is 12.2. The first-order valence-electron chi connectivity index (χ1n) is 8.27. The fourth-order valence-electron chi connectivity index (χ4n) is 3.68. The number of nitrogens with zero attached hydrogens (tertiary/aromatic N) is 2. The van der Waals surface area contributed by atoms with Crippen LogP contribution in [0.2, 0.25) is 0 Å². The Labute approximate surface area is 139 Å². The monoisotopic (exact) mass is 318 g/mol. The number of hydrogen-bond acceptors (Lipinski definition) is 3. The smallest absolute Gasteiger partial charge is 0.226 e. The van der Waals surface area contributed by atoms with Crippen molar-refractivity contribution in [3.63, 3.8) is 0 Å². The Hall–Kier alpha value is -2.82. The van der Waals surface area contributed by atoms with Crippen molar-refractivity contribution in [3.05, 3.63) is 42.6 Å². The lowest BCUT2D eigenvalue weighted by Crippen LogP contribution is -2.24. The van der Waals surface area contributed by atoms with Crippen LogP contribution in [0.15, 0.2) is 42.6 Å². The lowest BCUT2D eigenvalue weighted by Gasteiger charge is -2.19. The van der Waals surface area contributed by atoms with E-state index in [1.807, 2.05) is 42.2 Å². The highest BCUT2D eigenvalue weighted by molar-refractivity contribution is 6.05. The Bertz CT molecular complexity index is 984. The number of amides is 1. The van der Waals surface area contributed by atoms with Crippen molar-refractivity contribution < 1.29 is 4.79 Å². The standard InChI is InChI=1S/C19H18N4O/c1-23-11-14-12(4-2-6-15(14)22-23)13-5-3-7-16-18(13)21-19(8-9-19)10-17(24)20-16/h2-7,11,21H,8-10H2,1H3,(H,20,24). The Morgan fingerprint density at radius 1 is 1.12 bits per heavy atom. The quantitative estimate of drug-likeness (QED) is 0.721. The zero-order valence-electron chi connectivity index (χ0n) is 13.5. The maximum Gasteiger partial charge on any atom is 0.226 e. The first-order valence-corrected chi connectivity index (χ1v) is 8.27. The van der Waals surface area contributed by atoms with Crippen molar-refractivity contribution in [2.75, 3.05) is 10.6 Å². The van der Waals surface area contributed by atoms with Gasteiger partial charge in [-0.25, -0.2) is 0 Å². The van der Waals surface area contributed by atoms with E-state index in [4.69, 9.17) is 0 Å². The molecular weight excluding hydrogens is 300 g/mol. The molecular formula is C19H18N4O. The first kappa shape index (κ1) is 13.6. The van der Waals surface area contributed by atoms with E-state index in [2.05, 4.69) is 27.9 Å². The molecule has 120 valence electrons. The average molecular weight is 318 g/mol. The van der Waals surface area contributed by atoms with Gasteiger partial charge >= 0.3 is 0 Å². The third kappa shape index (κ3) is 2.01. The van der Waals surface area contributed by atoms with Gasteiger partial charge < -0.3 is 10.6 Å². The molecule has 0 radical (unpaired) electrons. The van der Waals surface area contributed by atoms with Crippen molar-refractivity contribution in [2.24, 2.45) is 7.05 Å². The summed E-state index contributed by atoms with van der Waals surface area (Å²) in [6.45, 7) is 0. The molecule has 3 aromatic rings. The normalized spacial score (nSPS) is 18.0. The molecule has 0 atom stereocenters. The minimum Gasteiger partial charge on any atom is -0.377 e. The fraction of sp³-hybridized carbons (Fsp3) is 0.263. The molecule has 2 heterocycles. The fourth-order valence-corrected chi connectivity index (χ4v) is 3.68. The van der Waals surface area contributed by atoms with Crippen molar-refractivity contribution in [3.8, 4) is 11.1 Å². The highest BCUT2D eigenvalue weighted by Crippen LogP contribution is 2.48. The number of carbonyl (C=O) groups is 1. The average Bonchev–Trinajstić information content (AvgIpc) is 3.21. The van der Waals surface area contributed by atoms with Crippen LogP contribution in [0.25, 0.3) is 22.0 Å². The zero-order chi connectivity index (χ0) is 16.3. The number of aromatic nitrogens is 2. The van der Waals surface area contributed by atoms with Crippen LogP contribution in [-0.2, 0) is 11.8 Å². The second-order valence-electron chi connectivity index (χ2n) is 6.90. The summed E-state index contributed by atoms with van der Waals surface area (Å²) in [5, 5.41) is 12.4. The summed E-state index contributed by atoms with van der Waals surface area (Å²) in [4.78, 5) is 12.2. The molecule has 1 saturated carbocycles. The molecule has 5 rings (SSSR count). The number of carbonyl (C=O) groups excluding carboxylic acids is 1. The van der Waals surface area contributed by atoms with Crippen molar-refractivity contribution in [2.45, 2.75) is 24.8 Å². The molecule has 2 N–H and O–H groups in total. The number of fused-ring (bicyclic) bond motifs is 2. The van der Waals surface area contributed by atoms with E-state index < -0.39 is 0 Å². The van der Waals surface area contributed by atoms with Crippen LogP contribution in [-0.4, -0.2) is 21.2 Å². The van der Waals surface area contributed by atoms with E-state index in [9.17, 15) is 4.79 Å². The number of aryl methyl sites for hydroxylation is 1. The molecule has 5 nitrogen and oxygen atoms in total. The maximum absolute atomic E-state index is 12.2. The molecule has 2 aliphatic rings. The second-order valence-corrected chi connectivity index (χ2v) is 6.90. The molecule has 24 heavy (non-hydrogen) atoms. The molecule has 1 amide bonds. The number of hydrogen-bond donors (Lipinski definition) is 2. The van der Waals surface area contributed by atoms with Gasteiger partial charge in [0.2, 0.25) is 5.91 Å². The second kappa shape index (κ2) is 4.60. The largest absolute Gasteiger partial charge is 0.377 e. The Kier molecular flexibility index (Phi) is 2.61. The summed E-state index contributed by atoms with van der Waals surface area (Å²) in [6.07, 6.45) is 4.68. The van der Waals surface area contributed by atoms with Crippen LogP contribution >= 0.6 is 0 Å².